The maximum Gasteiger partial charge on any atom is 0.119 e. The topological polar surface area (TPSA) is 51.5 Å². The predicted molar refractivity (Wildman–Crippen MR) is 71.8 cm³/mol. The molecule has 100 valence electrons. The fourth-order valence-corrected chi connectivity index (χ4v) is 1.35. The minimum absolute atomic E-state index is 0.526. The van der Waals surface area contributed by atoms with E-state index in [1.54, 1.807) is 0 Å². The summed E-state index contributed by atoms with van der Waals surface area (Å²) in [4.78, 5) is 0. The molecule has 0 fully saturated rings. The Morgan fingerprint density at radius 1 is 0.944 bits per heavy atom. The van der Waals surface area contributed by atoms with Crippen LogP contribution in [0.3, 0.4) is 0 Å². The van der Waals surface area contributed by atoms with Crippen molar-refractivity contribution in [2.45, 2.75) is 13.3 Å². The minimum atomic E-state index is 0.526. The van der Waals surface area contributed by atoms with Crippen LogP contribution in [0, 0.1) is 5.41 Å². The van der Waals surface area contributed by atoms with Crippen LogP contribution in [0.15, 0.2) is 24.3 Å². The number of rotatable bonds is 10. The van der Waals surface area contributed by atoms with Crippen molar-refractivity contribution in [1.29, 1.82) is 5.41 Å². The van der Waals surface area contributed by atoms with Crippen LogP contribution in [0.1, 0.15) is 18.9 Å². The normalized spacial score (nSPS) is 10.3. The van der Waals surface area contributed by atoms with Gasteiger partial charge in [0.05, 0.1) is 19.8 Å². The van der Waals surface area contributed by atoms with Crippen molar-refractivity contribution in [2.75, 3.05) is 33.0 Å². The highest BCUT2D eigenvalue weighted by Gasteiger charge is 1.94. The van der Waals surface area contributed by atoms with Crippen molar-refractivity contribution in [1.82, 2.24) is 0 Å². The Bertz CT molecular complexity index is 324. The molecule has 0 aliphatic carbocycles. The molecule has 1 aromatic carbocycles. The first-order valence-electron chi connectivity index (χ1n) is 6.25. The van der Waals surface area contributed by atoms with Crippen LogP contribution >= 0.6 is 0 Å². The van der Waals surface area contributed by atoms with Crippen molar-refractivity contribution in [2.24, 2.45) is 0 Å². The van der Waals surface area contributed by atoms with Gasteiger partial charge in [-0.15, -0.1) is 0 Å². The Kier molecular flexibility index (Phi) is 7.84. The second-order valence-electron chi connectivity index (χ2n) is 3.79. The van der Waals surface area contributed by atoms with Crippen LogP contribution < -0.4 is 4.74 Å². The first-order valence-corrected chi connectivity index (χ1v) is 6.25. The summed E-state index contributed by atoms with van der Waals surface area (Å²) in [6.07, 6.45) is 2.35. The summed E-state index contributed by atoms with van der Waals surface area (Å²) < 4.78 is 16.1. The summed E-state index contributed by atoms with van der Waals surface area (Å²) in [5.41, 5.74) is 0.867. The maximum absolute atomic E-state index is 7.08. The van der Waals surface area contributed by atoms with Gasteiger partial charge in [0, 0.05) is 12.8 Å². The van der Waals surface area contributed by atoms with Crippen molar-refractivity contribution in [3.8, 4) is 5.75 Å². The predicted octanol–water partition coefficient (Wildman–Crippen LogP) is 2.51. The number of ether oxygens (including phenoxy) is 3. The molecular weight excluding hydrogens is 230 g/mol. The molecule has 0 aliphatic rings. The largest absolute Gasteiger partial charge is 0.491 e. The quantitative estimate of drug-likeness (QED) is 0.513. The summed E-state index contributed by atoms with van der Waals surface area (Å²) in [5.74, 6) is 0.798. The Labute approximate surface area is 108 Å². The fourth-order valence-electron chi connectivity index (χ4n) is 1.35. The minimum Gasteiger partial charge on any atom is -0.491 e. The monoisotopic (exact) mass is 251 g/mol. The molecule has 0 atom stereocenters. The van der Waals surface area contributed by atoms with Crippen LogP contribution in [0.4, 0.5) is 0 Å². The second-order valence-corrected chi connectivity index (χ2v) is 3.79. The molecule has 0 aromatic heterocycles. The highest BCUT2D eigenvalue weighted by molar-refractivity contribution is 5.76. The molecule has 0 radical (unpaired) electrons. The van der Waals surface area contributed by atoms with Crippen molar-refractivity contribution >= 4 is 6.21 Å². The SMILES string of the molecule is CCCOCCOCCOc1ccc(C=N)cc1. The highest BCUT2D eigenvalue weighted by Crippen LogP contribution is 2.10. The molecule has 1 N–H and O–H groups in total. The molecule has 1 rings (SSSR count). The van der Waals surface area contributed by atoms with Crippen LogP contribution in [-0.2, 0) is 9.47 Å². The zero-order valence-corrected chi connectivity index (χ0v) is 10.9. The third-order valence-electron chi connectivity index (χ3n) is 2.26. The van der Waals surface area contributed by atoms with Crippen LogP contribution in [0.2, 0.25) is 0 Å². The molecule has 4 heteroatoms. The van der Waals surface area contributed by atoms with Gasteiger partial charge in [-0.25, -0.2) is 0 Å². The second kappa shape index (κ2) is 9.62. The van der Waals surface area contributed by atoms with Gasteiger partial charge in [-0.05, 0) is 36.2 Å². The number of hydrogen-bond donors (Lipinski definition) is 1. The summed E-state index contributed by atoms with van der Waals surface area (Å²) in [7, 11) is 0. The first-order chi connectivity index (χ1) is 8.86. The van der Waals surface area contributed by atoms with Crippen molar-refractivity contribution in [3.63, 3.8) is 0 Å². The lowest BCUT2D eigenvalue weighted by atomic mass is 10.2. The fraction of sp³-hybridized carbons (Fsp3) is 0.500. The summed E-state index contributed by atoms with van der Waals surface area (Å²) in [6, 6.07) is 7.40. The molecule has 0 saturated carbocycles. The van der Waals surface area contributed by atoms with E-state index in [0.29, 0.717) is 26.4 Å². The molecule has 0 aliphatic heterocycles. The third-order valence-corrected chi connectivity index (χ3v) is 2.26. The molecule has 0 unspecified atom stereocenters. The standard InChI is InChI=1S/C14H21NO3/c1-2-7-16-8-9-17-10-11-18-14-5-3-13(12-15)4-6-14/h3-6,12,15H,2,7-11H2,1H3. The van der Waals surface area contributed by atoms with Crippen molar-refractivity contribution < 1.29 is 14.2 Å². The summed E-state index contributed by atoms with van der Waals surface area (Å²) in [6.45, 7) is 5.20. The van der Waals surface area contributed by atoms with E-state index < -0.39 is 0 Å². The zero-order valence-electron chi connectivity index (χ0n) is 10.9. The van der Waals surface area contributed by atoms with Crippen LogP contribution in [-0.4, -0.2) is 39.2 Å². The van der Waals surface area contributed by atoms with E-state index in [1.807, 2.05) is 24.3 Å². The van der Waals surface area contributed by atoms with Crippen LogP contribution in [0.5, 0.6) is 5.75 Å². The lowest BCUT2D eigenvalue weighted by Gasteiger charge is -2.07. The van der Waals surface area contributed by atoms with E-state index in [-0.39, 0.29) is 0 Å². The van der Waals surface area contributed by atoms with Gasteiger partial charge in [0.2, 0.25) is 0 Å². The molecule has 0 saturated heterocycles. The van der Waals surface area contributed by atoms with Gasteiger partial charge in [-0.3, -0.25) is 0 Å². The highest BCUT2D eigenvalue weighted by atomic mass is 16.5. The number of hydrogen-bond acceptors (Lipinski definition) is 4. The van der Waals surface area contributed by atoms with E-state index in [0.717, 1.165) is 24.3 Å². The summed E-state index contributed by atoms with van der Waals surface area (Å²) in [5, 5.41) is 7.08. The van der Waals surface area contributed by atoms with Gasteiger partial charge in [0.25, 0.3) is 0 Å². The van der Waals surface area contributed by atoms with E-state index in [1.165, 1.54) is 6.21 Å². The van der Waals surface area contributed by atoms with Gasteiger partial charge in [-0.2, -0.15) is 0 Å². The van der Waals surface area contributed by atoms with E-state index >= 15 is 0 Å². The Hall–Kier alpha value is -1.39. The van der Waals surface area contributed by atoms with Gasteiger partial charge in [0.1, 0.15) is 12.4 Å². The third kappa shape index (κ3) is 6.37. The average molecular weight is 251 g/mol. The lowest BCUT2D eigenvalue weighted by molar-refractivity contribution is 0.0366. The molecule has 18 heavy (non-hydrogen) atoms. The van der Waals surface area contributed by atoms with Crippen LogP contribution in [0.25, 0.3) is 0 Å². The Balaban J connectivity index is 2.01. The first kappa shape index (κ1) is 14.7. The van der Waals surface area contributed by atoms with Gasteiger partial charge in [0.15, 0.2) is 0 Å². The van der Waals surface area contributed by atoms with Gasteiger partial charge < -0.3 is 19.6 Å². The van der Waals surface area contributed by atoms with Crippen molar-refractivity contribution in [3.05, 3.63) is 29.8 Å². The van der Waals surface area contributed by atoms with Gasteiger partial charge in [-0.1, -0.05) is 6.92 Å². The maximum atomic E-state index is 7.08. The molecule has 0 spiro atoms. The molecular formula is C14H21NO3. The van der Waals surface area contributed by atoms with Gasteiger partial charge >= 0.3 is 0 Å². The number of benzene rings is 1. The van der Waals surface area contributed by atoms with E-state index in [4.69, 9.17) is 19.6 Å². The molecule has 4 nitrogen and oxygen atoms in total. The van der Waals surface area contributed by atoms with E-state index in [9.17, 15) is 0 Å². The molecule has 0 amide bonds. The molecule has 1 aromatic rings. The smallest absolute Gasteiger partial charge is 0.119 e. The summed E-state index contributed by atoms with van der Waals surface area (Å²) >= 11 is 0. The molecule has 0 bridgehead atoms. The van der Waals surface area contributed by atoms with E-state index in [2.05, 4.69) is 6.92 Å². The zero-order chi connectivity index (χ0) is 13.1. The number of nitrogens with one attached hydrogen (secondary N) is 1. The average Bonchev–Trinajstić information content (AvgIpc) is 2.42. The Morgan fingerprint density at radius 3 is 2.17 bits per heavy atom. The Morgan fingerprint density at radius 2 is 1.56 bits per heavy atom. The molecule has 0 heterocycles. The lowest BCUT2D eigenvalue weighted by Crippen LogP contribution is -2.11.